The molecule has 0 amide bonds. The number of para-hydroxylation sites is 8. The molecular formula is C70H50N16O2. The van der Waals surface area contributed by atoms with Crippen molar-refractivity contribution in [1.29, 1.82) is 0 Å². The lowest BCUT2D eigenvalue weighted by molar-refractivity contribution is 1.21. The number of aromatic amines is 4. The van der Waals surface area contributed by atoms with Crippen molar-refractivity contribution in [1.82, 2.24) is 58.6 Å². The average molecular weight is 1150 g/mol. The molecule has 0 spiro atoms. The quantitative estimate of drug-likeness (QED) is 0.0747. The van der Waals surface area contributed by atoms with Crippen LogP contribution in [0.25, 0.3) is 156 Å². The van der Waals surface area contributed by atoms with Crippen LogP contribution in [0.15, 0.2) is 204 Å². The van der Waals surface area contributed by atoms with Crippen LogP contribution in [0.3, 0.4) is 0 Å². The number of fused-ring (bicyclic) bond motifs is 14. The topological polar surface area (TPSA) is 288 Å². The predicted octanol–water partition coefficient (Wildman–Crippen LogP) is 13.3. The summed E-state index contributed by atoms with van der Waals surface area (Å²) in [5, 5.41) is 2.51. The first kappa shape index (κ1) is 51.2. The summed E-state index contributed by atoms with van der Waals surface area (Å²) in [4.78, 5) is 69.8. The van der Waals surface area contributed by atoms with Gasteiger partial charge < -0.3 is 42.9 Å². The minimum Gasteiger partial charge on any atom is -0.397 e. The molecule has 12 N–H and O–H groups in total. The molecule has 8 heterocycles. The highest BCUT2D eigenvalue weighted by atomic mass is 16.1. The Morgan fingerprint density at radius 1 is 0.318 bits per heavy atom. The summed E-state index contributed by atoms with van der Waals surface area (Å²) in [6.07, 6.45) is 0. The van der Waals surface area contributed by atoms with Gasteiger partial charge in [0.1, 0.15) is 34.6 Å². The first-order valence-corrected chi connectivity index (χ1v) is 28.4. The number of anilines is 4. The van der Waals surface area contributed by atoms with Gasteiger partial charge in [0.05, 0.1) is 99.7 Å². The van der Waals surface area contributed by atoms with Gasteiger partial charge in [0.25, 0.3) is 11.1 Å². The Morgan fingerprint density at radius 3 is 1.07 bits per heavy atom. The summed E-state index contributed by atoms with van der Waals surface area (Å²) in [5.74, 6) is 3.01. The number of hydrogen-bond donors (Lipinski definition) is 8. The number of aryl methyl sites for hydroxylation is 2. The third kappa shape index (κ3) is 8.33. The van der Waals surface area contributed by atoms with Gasteiger partial charge in [-0.3, -0.25) is 18.4 Å². The van der Waals surface area contributed by atoms with E-state index in [1.54, 1.807) is 27.0 Å². The Labute approximate surface area is 497 Å². The smallest absolute Gasteiger partial charge is 0.264 e. The minimum absolute atomic E-state index is 0.149. The number of hydrogen-bond acceptors (Lipinski definition) is 12. The molecule has 0 bridgehead atoms. The second kappa shape index (κ2) is 19.6. The Balaban J connectivity index is 0.000000120. The number of benzene rings is 10. The maximum Gasteiger partial charge on any atom is 0.264 e. The average Bonchev–Trinajstić information content (AvgIpc) is 1.58. The zero-order chi connectivity index (χ0) is 59.6. The zero-order valence-electron chi connectivity index (χ0n) is 47.2. The highest BCUT2D eigenvalue weighted by molar-refractivity contribution is 6.12. The van der Waals surface area contributed by atoms with Gasteiger partial charge in [0.15, 0.2) is 0 Å². The molecule has 18 aromatic rings. The fourth-order valence-electron chi connectivity index (χ4n) is 11.9. The van der Waals surface area contributed by atoms with Crippen LogP contribution in [0.1, 0.15) is 11.1 Å². The Hall–Kier alpha value is -12.4. The van der Waals surface area contributed by atoms with Crippen LogP contribution >= 0.6 is 0 Å². The summed E-state index contributed by atoms with van der Waals surface area (Å²) in [5.41, 5.74) is 44.5. The number of nitrogens with zero attached hydrogens (tertiary/aromatic N) is 8. The molecule has 0 atom stereocenters. The van der Waals surface area contributed by atoms with Crippen molar-refractivity contribution in [3.63, 3.8) is 0 Å². The van der Waals surface area contributed by atoms with Gasteiger partial charge in [-0.1, -0.05) is 72.8 Å². The lowest BCUT2D eigenvalue weighted by atomic mass is 9.96. The van der Waals surface area contributed by atoms with E-state index in [0.717, 1.165) is 134 Å². The van der Waals surface area contributed by atoms with E-state index in [-0.39, 0.29) is 11.1 Å². The largest absolute Gasteiger partial charge is 0.397 e. The van der Waals surface area contributed by atoms with Gasteiger partial charge in [-0.2, -0.15) is 0 Å². The molecule has 88 heavy (non-hydrogen) atoms. The van der Waals surface area contributed by atoms with E-state index >= 15 is 0 Å². The first-order valence-electron chi connectivity index (χ1n) is 28.4. The summed E-state index contributed by atoms with van der Waals surface area (Å²) < 4.78 is 3.26. The maximum atomic E-state index is 13.1. The van der Waals surface area contributed by atoms with Crippen LogP contribution in [0.5, 0.6) is 0 Å². The van der Waals surface area contributed by atoms with E-state index < -0.39 is 0 Å². The van der Waals surface area contributed by atoms with Crippen LogP contribution in [0.2, 0.25) is 0 Å². The molecule has 0 fully saturated rings. The summed E-state index contributed by atoms with van der Waals surface area (Å²) in [6.45, 7) is 4.17. The molecule has 0 saturated carbocycles. The lowest BCUT2D eigenvalue weighted by Gasteiger charge is -2.13. The Morgan fingerprint density at radius 2 is 0.670 bits per heavy atom. The van der Waals surface area contributed by atoms with Crippen molar-refractivity contribution in [2.24, 2.45) is 0 Å². The highest BCUT2D eigenvalue weighted by Crippen LogP contribution is 2.42. The van der Waals surface area contributed by atoms with Crippen LogP contribution in [-0.2, 0) is 0 Å². The lowest BCUT2D eigenvalue weighted by Crippen LogP contribution is -2.07. The van der Waals surface area contributed by atoms with E-state index in [9.17, 15) is 9.59 Å². The van der Waals surface area contributed by atoms with Gasteiger partial charge in [-0.15, -0.1) is 0 Å². The highest BCUT2D eigenvalue weighted by Gasteiger charge is 2.25. The van der Waals surface area contributed by atoms with Crippen molar-refractivity contribution in [2.75, 3.05) is 22.9 Å². The number of rotatable bonds is 5. The van der Waals surface area contributed by atoms with Crippen molar-refractivity contribution in [2.45, 2.75) is 13.8 Å². The molecular weight excluding hydrogens is 1100 g/mol. The number of aromatic nitrogens is 12. The molecule has 18 nitrogen and oxygen atoms in total. The van der Waals surface area contributed by atoms with Crippen LogP contribution in [0, 0.1) is 13.8 Å². The van der Waals surface area contributed by atoms with Crippen molar-refractivity contribution >= 4 is 122 Å². The molecule has 0 radical (unpaired) electrons. The van der Waals surface area contributed by atoms with E-state index in [0.29, 0.717) is 44.8 Å². The monoisotopic (exact) mass is 1150 g/mol. The standard InChI is InChI=1S/C36H26N8.C22H10N4O2.C12H14N4/c1-19-11-13-29-31(15-19)43-35(41-29)23-18-24(36-42-30-14-12-20(2)16-32(30)44-36)22(34-39-27-9-5-6-10-28(27)40-34)17-21(23)33-37-25-7-3-4-8-26(25)38-33;27-21-13-10-14-12(20-24-16-6-2-4-8-18(16)26(20)22(14)28)9-11(13)19-23-15-5-1-3-7-17(15)25(19)21;13-9-3-1-7(5-11(9)15)8-2-4-10(14)12(16)6-8/h3-18H,1-2H3,(H,37,38)(H,39,40)(H,41,43)(H,42,44);1-10H;1-6H,13-16H2. The molecule has 18 heteroatoms. The van der Waals surface area contributed by atoms with Gasteiger partial charge >= 0.3 is 0 Å². The van der Waals surface area contributed by atoms with E-state index in [1.807, 2.05) is 127 Å². The fourth-order valence-corrected chi connectivity index (χ4v) is 11.9. The second-order valence-electron chi connectivity index (χ2n) is 22.1. The molecule has 422 valence electrons. The Kier molecular flexibility index (Phi) is 11.4. The fraction of sp³-hybridized carbons (Fsp3) is 0.0286. The SMILES string of the molecule is Cc1ccc2nc(-c3cc(-c4nc5ccc(C)cc5[nH]4)c(-c4nc5ccccc5[nH]4)cc3-c3nc4ccccc4[nH]3)[nH]c2c1.Nc1ccc(-c2ccc(N)c(N)c2)cc1N.O=c1c2cc3c(=O)n4c5ccccc5nc4c3cc2c2nc3ccccc3n12. The minimum atomic E-state index is -0.149. The summed E-state index contributed by atoms with van der Waals surface area (Å²) in [6, 6.07) is 62.7. The third-order valence-corrected chi connectivity index (χ3v) is 16.4. The third-order valence-electron chi connectivity index (χ3n) is 16.4. The predicted molar refractivity (Wildman–Crippen MR) is 355 cm³/mol. The zero-order valence-corrected chi connectivity index (χ0v) is 47.2. The number of nitrogens with two attached hydrogens (primary N) is 4. The number of H-pyrrole nitrogens is 4. The normalized spacial score (nSPS) is 11.8. The van der Waals surface area contributed by atoms with Crippen molar-refractivity contribution in [3.8, 4) is 56.7 Å². The van der Waals surface area contributed by atoms with E-state index in [2.05, 4.69) is 92.3 Å². The van der Waals surface area contributed by atoms with Gasteiger partial charge in [-0.05, 0) is 157 Å². The summed E-state index contributed by atoms with van der Waals surface area (Å²) in [7, 11) is 0. The number of imidazole rings is 6. The van der Waals surface area contributed by atoms with Crippen LogP contribution < -0.4 is 34.1 Å². The van der Waals surface area contributed by atoms with E-state index in [1.165, 1.54) is 11.1 Å². The molecule has 10 aromatic carbocycles. The summed E-state index contributed by atoms with van der Waals surface area (Å²) >= 11 is 0. The molecule has 0 aliphatic rings. The molecule has 0 unspecified atom stereocenters. The second-order valence-corrected chi connectivity index (χ2v) is 22.1. The first-order chi connectivity index (χ1) is 42.8. The van der Waals surface area contributed by atoms with Crippen LogP contribution in [0.4, 0.5) is 22.7 Å². The van der Waals surface area contributed by atoms with Crippen LogP contribution in [-0.4, -0.2) is 58.6 Å². The molecule has 0 saturated heterocycles. The van der Waals surface area contributed by atoms with E-state index in [4.69, 9.17) is 42.9 Å². The van der Waals surface area contributed by atoms with Gasteiger partial charge in [0.2, 0.25) is 0 Å². The molecule has 18 rings (SSSR count). The molecule has 0 aliphatic heterocycles. The number of nitrogen functional groups attached to an aromatic ring is 4. The van der Waals surface area contributed by atoms with Gasteiger partial charge in [0, 0.05) is 33.0 Å². The molecule has 0 aliphatic carbocycles. The number of nitrogens with one attached hydrogen (secondary N) is 4. The maximum absolute atomic E-state index is 13.1. The van der Waals surface area contributed by atoms with Crippen molar-refractivity contribution in [3.05, 3.63) is 226 Å². The Bertz CT molecular complexity index is 5560. The van der Waals surface area contributed by atoms with Crippen molar-refractivity contribution < 1.29 is 0 Å². The van der Waals surface area contributed by atoms with Gasteiger partial charge in [-0.25, -0.2) is 29.9 Å². The molecule has 8 aromatic heterocycles.